The van der Waals surface area contributed by atoms with Crippen LogP contribution in [0, 0.1) is 5.41 Å². The lowest BCUT2D eigenvalue weighted by Crippen LogP contribution is -2.60. The molecule has 0 spiro atoms. The molecular formula is C30H45N7O5. The number of benzene rings is 1. The molecule has 4 amide bonds. The second-order valence-corrected chi connectivity index (χ2v) is 13.3. The fourth-order valence-corrected chi connectivity index (χ4v) is 5.38. The van der Waals surface area contributed by atoms with E-state index in [0.29, 0.717) is 0 Å². The highest BCUT2D eigenvalue weighted by Gasteiger charge is 2.45. The highest BCUT2D eigenvalue weighted by Crippen LogP contribution is 2.32. The third-order valence-corrected chi connectivity index (χ3v) is 7.81. The zero-order valence-corrected chi connectivity index (χ0v) is 26.0. The summed E-state index contributed by atoms with van der Waals surface area (Å²) in [6.45, 7) is 12.2. The molecule has 1 aromatic rings. The monoisotopic (exact) mass is 583 g/mol. The number of hydrogen-bond acceptors (Lipinski definition) is 6. The second kappa shape index (κ2) is 13.0. The summed E-state index contributed by atoms with van der Waals surface area (Å²) in [6.07, 6.45) is 2.18. The fourth-order valence-electron chi connectivity index (χ4n) is 5.38. The molecule has 0 radical (unpaired) electrons. The summed E-state index contributed by atoms with van der Waals surface area (Å²) in [5.74, 6) is -1.32. The Morgan fingerprint density at radius 2 is 1.81 bits per heavy atom. The van der Waals surface area contributed by atoms with Crippen LogP contribution in [0.15, 0.2) is 29.4 Å². The minimum Gasteiger partial charge on any atom is -0.444 e. The van der Waals surface area contributed by atoms with Gasteiger partial charge in [-0.1, -0.05) is 50.2 Å². The minimum atomic E-state index is -1.02. The largest absolute Gasteiger partial charge is 0.444 e. The molecule has 2 aliphatic rings. The molecule has 0 saturated carbocycles. The Kier molecular flexibility index (Phi) is 10.1. The van der Waals surface area contributed by atoms with Crippen molar-refractivity contribution >= 4 is 23.8 Å². The number of ether oxygens (including phenoxy) is 1. The van der Waals surface area contributed by atoms with Crippen LogP contribution in [0.25, 0.3) is 10.4 Å². The van der Waals surface area contributed by atoms with E-state index >= 15 is 0 Å². The van der Waals surface area contributed by atoms with Crippen LogP contribution in [-0.4, -0.2) is 77.0 Å². The number of fused-ring (bicyclic) bond motifs is 1. The van der Waals surface area contributed by atoms with Crippen LogP contribution < -0.4 is 10.6 Å². The molecular weight excluding hydrogens is 538 g/mol. The number of hydrogen-bond donors (Lipinski definition) is 2. The second-order valence-electron chi connectivity index (χ2n) is 13.3. The van der Waals surface area contributed by atoms with Crippen molar-refractivity contribution in [3.63, 3.8) is 0 Å². The normalized spacial score (nSPS) is 21.7. The summed E-state index contributed by atoms with van der Waals surface area (Å²) in [7, 11) is 1.46. The van der Waals surface area contributed by atoms with E-state index in [2.05, 4.69) is 26.7 Å². The Balaban J connectivity index is 1.81. The summed E-state index contributed by atoms with van der Waals surface area (Å²) in [5, 5.41) is 9.77. The lowest BCUT2D eigenvalue weighted by Gasteiger charge is -2.37. The van der Waals surface area contributed by atoms with Crippen molar-refractivity contribution in [3.05, 3.63) is 45.8 Å². The molecule has 1 saturated heterocycles. The van der Waals surface area contributed by atoms with Gasteiger partial charge in [0.15, 0.2) is 0 Å². The lowest BCUT2D eigenvalue weighted by atomic mass is 9.85. The Hall–Kier alpha value is -3.79. The summed E-state index contributed by atoms with van der Waals surface area (Å²) >= 11 is 0. The Morgan fingerprint density at radius 3 is 2.43 bits per heavy atom. The van der Waals surface area contributed by atoms with Crippen LogP contribution in [0.2, 0.25) is 0 Å². The van der Waals surface area contributed by atoms with Crippen molar-refractivity contribution in [2.75, 3.05) is 13.6 Å². The maximum atomic E-state index is 14.1. The predicted octanol–water partition coefficient (Wildman–Crippen LogP) is 4.25. The zero-order valence-electron chi connectivity index (χ0n) is 26.0. The number of carbonyl (C=O) groups excluding carboxylic acids is 4. The van der Waals surface area contributed by atoms with Crippen LogP contribution in [0.5, 0.6) is 0 Å². The van der Waals surface area contributed by atoms with Crippen molar-refractivity contribution in [3.8, 4) is 0 Å². The molecule has 1 fully saturated rings. The van der Waals surface area contributed by atoms with Gasteiger partial charge in [0.05, 0.1) is 12.1 Å². The number of likely N-dealkylation sites (N-methyl/N-ethyl adjacent to an activating group) is 1. The summed E-state index contributed by atoms with van der Waals surface area (Å²) in [4.78, 5) is 59.1. The van der Waals surface area contributed by atoms with E-state index in [1.165, 1.54) is 22.4 Å². The predicted molar refractivity (Wildman–Crippen MR) is 158 cm³/mol. The summed E-state index contributed by atoms with van der Waals surface area (Å²) in [5.41, 5.74) is 9.88. The van der Waals surface area contributed by atoms with Crippen LogP contribution in [-0.2, 0) is 25.5 Å². The van der Waals surface area contributed by atoms with Gasteiger partial charge in [-0.05, 0) is 75.5 Å². The molecule has 1 aliphatic carbocycles. The van der Waals surface area contributed by atoms with Crippen molar-refractivity contribution in [1.82, 2.24) is 20.4 Å². The molecule has 1 aromatic carbocycles. The van der Waals surface area contributed by atoms with E-state index in [1.807, 2.05) is 39.0 Å². The van der Waals surface area contributed by atoms with Gasteiger partial charge in [-0.15, -0.1) is 0 Å². The number of nitrogens with one attached hydrogen (secondary N) is 2. The van der Waals surface area contributed by atoms with E-state index in [9.17, 15) is 19.2 Å². The van der Waals surface area contributed by atoms with Crippen LogP contribution in [0.4, 0.5) is 4.79 Å². The van der Waals surface area contributed by atoms with Crippen molar-refractivity contribution in [2.45, 2.75) is 110 Å². The number of carbonyl (C=O) groups is 4. The topological polar surface area (TPSA) is 157 Å². The van der Waals surface area contributed by atoms with Crippen LogP contribution in [0.1, 0.15) is 84.9 Å². The highest BCUT2D eigenvalue weighted by atomic mass is 16.6. The van der Waals surface area contributed by atoms with E-state index < -0.39 is 53.1 Å². The van der Waals surface area contributed by atoms with Gasteiger partial charge in [0.25, 0.3) is 0 Å². The smallest absolute Gasteiger partial charge is 0.410 e. The van der Waals surface area contributed by atoms with Gasteiger partial charge < -0.3 is 20.3 Å². The molecule has 1 heterocycles. The minimum absolute atomic E-state index is 0.0536. The molecule has 230 valence electrons. The first-order valence-electron chi connectivity index (χ1n) is 14.5. The molecule has 3 rings (SSSR count). The van der Waals surface area contributed by atoms with Gasteiger partial charge in [-0.25, -0.2) is 4.79 Å². The van der Waals surface area contributed by atoms with Crippen LogP contribution in [0.3, 0.4) is 0 Å². The molecule has 12 nitrogen and oxygen atoms in total. The van der Waals surface area contributed by atoms with Crippen molar-refractivity contribution in [1.29, 1.82) is 0 Å². The van der Waals surface area contributed by atoms with Gasteiger partial charge in [-0.2, -0.15) is 0 Å². The number of amides is 4. The van der Waals surface area contributed by atoms with Gasteiger partial charge in [0.2, 0.25) is 17.7 Å². The molecule has 0 unspecified atom stereocenters. The number of rotatable bonds is 7. The highest BCUT2D eigenvalue weighted by molar-refractivity contribution is 5.94. The molecule has 5 atom stereocenters. The number of likely N-dealkylation sites (tertiary alicyclic amines) is 1. The first-order chi connectivity index (χ1) is 19.5. The Morgan fingerprint density at radius 1 is 1.14 bits per heavy atom. The average molecular weight is 584 g/mol. The maximum absolute atomic E-state index is 14.1. The molecule has 0 bridgehead atoms. The first-order valence-corrected chi connectivity index (χ1v) is 14.5. The van der Waals surface area contributed by atoms with Gasteiger partial charge in [0, 0.05) is 18.5 Å². The van der Waals surface area contributed by atoms with E-state index in [-0.39, 0.29) is 24.9 Å². The van der Waals surface area contributed by atoms with Gasteiger partial charge in [0.1, 0.15) is 23.7 Å². The zero-order chi connectivity index (χ0) is 31.4. The fraction of sp³-hybridized carbons (Fsp3) is 0.667. The third kappa shape index (κ3) is 7.94. The average Bonchev–Trinajstić information content (AvgIpc) is 3.33. The molecule has 1 aliphatic heterocycles. The molecule has 0 aromatic heterocycles. The van der Waals surface area contributed by atoms with Crippen LogP contribution >= 0.6 is 0 Å². The third-order valence-electron chi connectivity index (χ3n) is 7.81. The number of aryl methyl sites for hydroxylation is 1. The molecule has 42 heavy (non-hydrogen) atoms. The van der Waals surface area contributed by atoms with E-state index in [4.69, 9.17) is 10.3 Å². The van der Waals surface area contributed by atoms with E-state index in [1.54, 1.807) is 27.7 Å². The van der Waals surface area contributed by atoms with Gasteiger partial charge in [-0.3, -0.25) is 19.3 Å². The lowest BCUT2D eigenvalue weighted by molar-refractivity contribution is -0.144. The Bertz CT molecular complexity index is 1230. The van der Waals surface area contributed by atoms with Gasteiger partial charge >= 0.3 is 6.09 Å². The standard InChI is InChI=1S/C30H45N7O5/c1-18(36(8)28(41)42-30(5,6)7)25(38)33-24(29(2,3)4)27(40)37-17-20(34-35-31)16-23(37)26(39)32-22-15-11-13-19-12-9-10-14-21(19)22/h9-10,12,14,18,20,22-24H,11,13,15-17H2,1-8H3,(H,32,39)(H,33,38)/t18-,20-,22+,23-,24+/m0/s1. The SMILES string of the molecule is C[C@@H](C(=O)N[C@H](C(=O)N1C[C@@H](N=[N+]=[N-])C[C@H]1C(=O)N[C@@H]1CCCc2ccccc21)C(C)(C)C)N(C)C(=O)OC(C)(C)C. The maximum Gasteiger partial charge on any atom is 0.410 e. The number of azide groups is 1. The quantitative estimate of drug-likeness (QED) is 0.279. The molecule has 2 N–H and O–H groups in total. The summed E-state index contributed by atoms with van der Waals surface area (Å²) < 4.78 is 5.38. The summed E-state index contributed by atoms with van der Waals surface area (Å²) in [6, 6.07) is 4.43. The van der Waals surface area contributed by atoms with Crippen molar-refractivity contribution < 1.29 is 23.9 Å². The van der Waals surface area contributed by atoms with Crippen molar-refractivity contribution in [2.24, 2.45) is 10.5 Å². The number of nitrogens with zero attached hydrogens (tertiary/aromatic N) is 5. The molecule has 12 heteroatoms. The Labute approximate surface area is 248 Å². The van der Waals surface area contributed by atoms with E-state index in [0.717, 1.165) is 24.8 Å². The first kappa shape index (κ1) is 32.7.